The van der Waals surface area contributed by atoms with Crippen molar-refractivity contribution in [2.75, 3.05) is 40.6 Å². The van der Waals surface area contributed by atoms with Crippen LogP contribution >= 0.6 is 0 Å². The Morgan fingerprint density at radius 1 is 1.07 bits per heavy atom. The van der Waals surface area contributed by atoms with Crippen molar-refractivity contribution in [3.8, 4) is 0 Å². The van der Waals surface area contributed by atoms with E-state index in [9.17, 15) is 27.6 Å². The number of piperidine rings is 1. The van der Waals surface area contributed by atoms with Crippen LogP contribution in [0.3, 0.4) is 0 Å². The van der Waals surface area contributed by atoms with Gasteiger partial charge in [-0.25, -0.2) is 4.79 Å². The van der Waals surface area contributed by atoms with Gasteiger partial charge in [0.1, 0.15) is 0 Å². The van der Waals surface area contributed by atoms with E-state index in [2.05, 4.69) is 5.32 Å². The number of nitrogens with one attached hydrogen (secondary N) is 1. The Morgan fingerprint density at radius 3 is 2.42 bits per heavy atom. The highest BCUT2D eigenvalue weighted by molar-refractivity contribution is 5.80. The average Bonchev–Trinajstić information content (AvgIpc) is 3.31. The van der Waals surface area contributed by atoms with Crippen LogP contribution < -0.4 is 5.32 Å². The molecule has 0 bridgehead atoms. The van der Waals surface area contributed by atoms with E-state index in [0.717, 1.165) is 17.7 Å². The highest BCUT2D eigenvalue weighted by atomic mass is 19.4. The molecule has 2 saturated heterocycles. The summed E-state index contributed by atoms with van der Waals surface area (Å²) >= 11 is 0. The number of halogens is 3. The second kappa shape index (κ2) is 12.9. The molecule has 3 atom stereocenters. The molecule has 12 heteroatoms. The minimum atomic E-state index is -4.51. The Hall–Kier alpha value is -3.64. The smallest absolute Gasteiger partial charge is 0.416 e. The van der Waals surface area contributed by atoms with Gasteiger partial charge in [-0.15, -0.1) is 0 Å². The first kappa shape index (κ1) is 32.3. The van der Waals surface area contributed by atoms with Gasteiger partial charge in [-0.2, -0.15) is 13.2 Å². The van der Waals surface area contributed by atoms with Gasteiger partial charge in [0, 0.05) is 13.0 Å². The number of alkyl halides is 3. The molecule has 43 heavy (non-hydrogen) atoms. The lowest BCUT2D eigenvalue weighted by Crippen LogP contribution is -2.65. The molecule has 234 valence electrons. The molecule has 1 spiro atoms. The number of ether oxygens (including phenoxy) is 3. The van der Waals surface area contributed by atoms with Crippen molar-refractivity contribution >= 4 is 18.0 Å². The van der Waals surface area contributed by atoms with Crippen molar-refractivity contribution in [3.05, 3.63) is 70.8 Å². The van der Waals surface area contributed by atoms with Crippen LogP contribution in [0, 0.1) is 6.92 Å². The summed E-state index contributed by atoms with van der Waals surface area (Å²) in [6.07, 6.45) is -4.26. The summed E-state index contributed by atoms with van der Waals surface area (Å²) in [5, 5.41) is 3.03. The summed E-state index contributed by atoms with van der Waals surface area (Å²) in [5.74, 6) is -0.679. The number of likely N-dealkylation sites (tertiary alicyclic amines) is 1. The molecular weight excluding hydrogens is 567 g/mol. The molecule has 2 amide bonds. The number of esters is 1. The third kappa shape index (κ3) is 7.66. The molecule has 2 aromatic carbocycles. The summed E-state index contributed by atoms with van der Waals surface area (Å²) in [7, 11) is 3.40. The predicted octanol–water partition coefficient (Wildman–Crippen LogP) is 4.93. The molecule has 0 unspecified atom stereocenters. The van der Waals surface area contributed by atoms with E-state index in [1.165, 1.54) is 4.90 Å². The van der Waals surface area contributed by atoms with Crippen LogP contribution in [-0.4, -0.2) is 73.9 Å². The van der Waals surface area contributed by atoms with E-state index in [4.69, 9.17) is 14.2 Å². The lowest BCUT2D eigenvalue weighted by atomic mass is 9.74. The first-order valence-corrected chi connectivity index (χ1v) is 14.1. The zero-order chi connectivity index (χ0) is 31.4. The summed E-state index contributed by atoms with van der Waals surface area (Å²) in [4.78, 5) is 41.1. The summed E-state index contributed by atoms with van der Waals surface area (Å²) in [6.45, 7) is 2.71. The number of hydrogen-bond acceptors (Lipinski definition) is 7. The van der Waals surface area contributed by atoms with Crippen LogP contribution in [0.5, 0.6) is 0 Å². The van der Waals surface area contributed by atoms with E-state index in [1.54, 1.807) is 38.9 Å². The molecule has 9 nitrogen and oxygen atoms in total. The highest BCUT2D eigenvalue weighted by Gasteiger charge is 2.54. The molecule has 2 aromatic rings. The molecule has 4 rings (SSSR count). The Morgan fingerprint density at radius 2 is 1.79 bits per heavy atom. The van der Waals surface area contributed by atoms with E-state index in [1.807, 2.05) is 30.3 Å². The molecule has 0 aromatic heterocycles. The van der Waals surface area contributed by atoms with Crippen molar-refractivity contribution in [2.24, 2.45) is 0 Å². The lowest BCUT2D eigenvalue weighted by Gasteiger charge is -2.52. The lowest BCUT2D eigenvalue weighted by molar-refractivity contribution is -0.154. The highest BCUT2D eigenvalue weighted by Crippen LogP contribution is 2.45. The molecule has 2 heterocycles. The zero-order valence-electron chi connectivity index (χ0n) is 24.8. The number of hydrogen-bond donors (Lipinski definition) is 1. The van der Waals surface area contributed by atoms with Gasteiger partial charge in [0.15, 0.2) is 0 Å². The minimum absolute atomic E-state index is 0.00506. The molecule has 2 aliphatic heterocycles. The maximum absolute atomic E-state index is 13.7. The van der Waals surface area contributed by atoms with E-state index in [-0.39, 0.29) is 25.6 Å². The largest absolute Gasteiger partial charge is 0.427 e. The third-order valence-corrected chi connectivity index (χ3v) is 8.08. The van der Waals surface area contributed by atoms with E-state index < -0.39 is 47.8 Å². The van der Waals surface area contributed by atoms with Crippen molar-refractivity contribution in [2.45, 2.75) is 62.9 Å². The van der Waals surface area contributed by atoms with E-state index >= 15 is 0 Å². The number of carbonyl (C=O) groups is 3. The Labute approximate surface area is 249 Å². The SMILES string of the molecule is Cc1cc([C@@H](C)OC[C@@]2(c3ccccc3)CC[C@]3(CCC(=O)N3)CN2C(=O)OCOC(=O)CN(C)C)cc(C(F)(F)F)c1. The second-order valence-electron chi connectivity index (χ2n) is 11.7. The van der Waals surface area contributed by atoms with E-state index in [0.29, 0.717) is 36.8 Å². The topological polar surface area (TPSA) is 97.4 Å². The van der Waals surface area contributed by atoms with Crippen molar-refractivity contribution < 1.29 is 41.8 Å². The molecule has 0 radical (unpaired) electrons. The Kier molecular flexibility index (Phi) is 9.70. The van der Waals surface area contributed by atoms with Crippen LogP contribution in [0.15, 0.2) is 48.5 Å². The summed E-state index contributed by atoms with van der Waals surface area (Å²) in [5.41, 5.74) is -0.976. The number of amides is 2. The van der Waals surface area contributed by atoms with Crippen molar-refractivity contribution in [3.63, 3.8) is 0 Å². The summed E-state index contributed by atoms with van der Waals surface area (Å²) < 4.78 is 57.4. The van der Waals surface area contributed by atoms with Crippen LogP contribution in [0.2, 0.25) is 0 Å². The van der Waals surface area contributed by atoms with Crippen molar-refractivity contribution in [1.29, 1.82) is 0 Å². The average molecular weight is 606 g/mol. The van der Waals surface area contributed by atoms with Gasteiger partial charge < -0.3 is 19.5 Å². The Balaban J connectivity index is 1.64. The van der Waals surface area contributed by atoms with Gasteiger partial charge in [-0.05, 0) is 70.5 Å². The molecule has 1 N–H and O–H groups in total. The number of nitrogens with zero attached hydrogens (tertiary/aromatic N) is 2. The minimum Gasteiger partial charge on any atom is -0.427 e. The molecular formula is C31H38F3N3O6. The second-order valence-corrected chi connectivity index (χ2v) is 11.7. The normalized spacial score (nSPS) is 22.9. The molecule has 0 saturated carbocycles. The maximum Gasteiger partial charge on any atom is 0.416 e. The van der Waals surface area contributed by atoms with Crippen LogP contribution in [0.4, 0.5) is 18.0 Å². The van der Waals surface area contributed by atoms with Gasteiger partial charge in [0.05, 0.1) is 35.9 Å². The quantitative estimate of drug-likeness (QED) is 0.320. The van der Waals surface area contributed by atoms with Gasteiger partial charge in [-0.1, -0.05) is 42.0 Å². The number of rotatable bonds is 9. The fourth-order valence-electron chi connectivity index (χ4n) is 5.81. The number of aryl methyl sites for hydroxylation is 1. The molecule has 0 aliphatic carbocycles. The number of carbonyl (C=O) groups excluding carboxylic acids is 3. The molecule has 2 aliphatic rings. The third-order valence-electron chi connectivity index (χ3n) is 8.08. The predicted molar refractivity (Wildman–Crippen MR) is 151 cm³/mol. The first-order chi connectivity index (χ1) is 20.2. The van der Waals surface area contributed by atoms with Gasteiger partial charge >= 0.3 is 18.2 Å². The monoisotopic (exact) mass is 605 g/mol. The van der Waals surface area contributed by atoms with Crippen LogP contribution in [0.1, 0.15) is 61.0 Å². The first-order valence-electron chi connectivity index (χ1n) is 14.1. The van der Waals surface area contributed by atoms with Gasteiger partial charge in [0.25, 0.3) is 0 Å². The fraction of sp³-hybridized carbons (Fsp3) is 0.516. The van der Waals surface area contributed by atoms with Crippen LogP contribution in [0.25, 0.3) is 0 Å². The summed E-state index contributed by atoms with van der Waals surface area (Å²) in [6, 6.07) is 13.0. The maximum atomic E-state index is 13.7. The van der Waals surface area contributed by atoms with Gasteiger partial charge in [0.2, 0.25) is 12.7 Å². The fourth-order valence-corrected chi connectivity index (χ4v) is 5.81. The van der Waals surface area contributed by atoms with Gasteiger partial charge in [-0.3, -0.25) is 19.4 Å². The Bertz CT molecular complexity index is 1320. The van der Waals surface area contributed by atoms with Crippen LogP contribution in [-0.2, 0) is 35.5 Å². The van der Waals surface area contributed by atoms with Crippen molar-refractivity contribution in [1.82, 2.24) is 15.1 Å². The zero-order valence-corrected chi connectivity index (χ0v) is 24.8. The number of benzene rings is 2. The standard InChI is InChI=1S/C31H38F3N3O6/c1-21-14-23(16-25(15-21)31(32,33)34)22(2)41-19-30(24-8-6-5-7-9-24)13-12-29(11-10-26(38)35-29)18-37(30)28(40)43-20-42-27(39)17-36(3)4/h5-9,14-16,22H,10-13,17-20H2,1-4H3,(H,35,38)/t22-,29-,30-/m1/s1. The molecule has 2 fully saturated rings. The number of likely N-dealkylation sites (N-methyl/N-ethyl adjacent to an activating group) is 1.